The van der Waals surface area contributed by atoms with E-state index in [9.17, 15) is 5.26 Å². The summed E-state index contributed by atoms with van der Waals surface area (Å²) in [6.07, 6.45) is 1.99. The van der Waals surface area contributed by atoms with E-state index in [1.165, 1.54) is 0 Å². The van der Waals surface area contributed by atoms with Gasteiger partial charge in [0.15, 0.2) is 11.8 Å². The molecule has 0 saturated heterocycles. The number of hydrogen-bond acceptors (Lipinski definition) is 2. The Morgan fingerprint density at radius 3 is 2.62 bits per heavy atom. The first kappa shape index (κ1) is 14.5. The van der Waals surface area contributed by atoms with Gasteiger partial charge < -0.3 is 4.42 Å². The van der Waals surface area contributed by atoms with Gasteiger partial charge in [-0.05, 0) is 43.2 Å². The standard InChI is InChI=1S/C21H17N2O/c1-13-7-8-15-16-11-14(2)20(18-6-4-5-9-23(18)3)17(12-22)21(16)24-19(15)10-13/h4-11H,1-3H3/q+1. The van der Waals surface area contributed by atoms with E-state index < -0.39 is 0 Å². The van der Waals surface area contributed by atoms with Crippen molar-refractivity contribution in [1.82, 2.24) is 0 Å². The molecule has 0 aliphatic carbocycles. The normalized spacial score (nSPS) is 11.1. The second-order valence-corrected chi connectivity index (χ2v) is 6.23. The van der Waals surface area contributed by atoms with E-state index in [0.717, 1.165) is 38.7 Å². The van der Waals surface area contributed by atoms with Crippen molar-refractivity contribution in [2.45, 2.75) is 13.8 Å². The second-order valence-electron chi connectivity index (χ2n) is 6.23. The van der Waals surface area contributed by atoms with Gasteiger partial charge in [-0.2, -0.15) is 5.26 Å². The highest BCUT2D eigenvalue weighted by Crippen LogP contribution is 2.37. The quantitative estimate of drug-likeness (QED) is 0.483. The molecule has 3 heteroatoms. The predicted octanol–water partition coefficient (Wildman–Crippen LogP) is 4.57. The maximum atomic E-state index is 9.85. The third-order valence-electron chi connectivity index (χ3n) is 4.54. The number of nitriles is 1. The van der Waals surface area contributed by atoms with Gasteiger partial charge in [0.25, 0.3) is 0 Å². The number of furan rings is 1. The monoisotopic (exact) mass is 313 g/mol. The Kier molecular flexibility index (Phi) is 3.14. The number of hydrogen-bond donors (Lipinski definition) is 0. The number of benzene rings is 2. The van der Waals surface area contributed by atoms with Crippen molar-refractivity contribution in [2.24, 2.45) is 7.05 Å². The van der Waals surface area contributed by atoms with E-state index in [1.807, 2.05) is 49.0 Å². The minimum atomic E-state index is 0.598. The molecule has 24 heavy (non-hydrogen) atoms. The predicted molar refractivity (Wildman–Crippen MR) is 94.5 cm³/mol. The van der Waals surface area contributed by atoms with Crippen LogP contribution in [0.5, 0.6) is 0 Å². The first-order valence-corrected chi connectivity index (χ1v) is 7.91. The highest BCUT2D eigenvalue weighted by molar-refractivity contribution is 6.08. The first-order valence-electron chi connectivity index (χ1n) is 7.91. The lowest BCUT2D eigenvalue weighted by atomic mass is 9.95. The molecule has 2 heterocycles. The fourth-order valence-corrected chi connectivity index (χ4v) is 3.37. The van der Waals surface area contributed by atoms with E-state index in [1.54, 1.807) is 0 Å². The van der Waals surface area contributed by atoms with Crippen molar-refractivity contribution in [3.05, 3.63) is 65.4 Å². The summed E-state index contributed by atoms with van der Waals surface area (Å²) in [5.41, 5.74) is 6.25. The molecule has 2 aromatic carbocycles. The van der Waals surface area contributed by atoms with Crippen LogP contribution in [0.25, 0.3) is 33.2 Å². The molecule has 4 aromatic rings. The van der Waals surface area contributed by atoms with Gasteiger partial charge >= 0.3 is 0 Å². The average Bonchev–Trinajstić information content (AvgIpc) is 2.91. The van der Waals surface area contributed by atoms with Crippen molar-refractivity contribution < 1.29 is 8.98 Å². The summed E-state index contributed by atoms with van der Waals surface area (Å²) in [5.74, 6) is 0. The number of aryl methyl sites for hydroxylation is 3. The molecule has 2 aromatic heterocycles. The summed E-state index contributed by atoms with van der Waals surface area (Å²) in [5, 5.41) is 11.9. The lowest BCUT2D eigenvalue weighted by Gasteiger charge is -2.07. The van der Waals surface area contributed by atoms with Crippen molar-refractivity contribution >= 4 is 21.9 Å². The Balaban J connectivity index is 2.17. The summed E-state index contributed by atoms with van der Waals surface area (Å²) < 4.78 is 8.11. The zero-order chi connectivity index (χ0) is 16.8. The molecule has 0 aliphatic heterocycles. The van der Waals surface area contributed by atoms with Gasteiger partial charge in [0.1, 0.15) is 24.3 Å². The van der Waals surface area contributed by atoms with Gasteiger partial charge in [-0.3, -0.25) is 0 Å². The number of nitrogens with zero attached hydrogens (tertiary/aromatic N) is 2. The van der Waals surface area contributed by atoms with Crippen molar-refractivity contribution in [3.8, 4) is 17.3 Å². The summed E-state index contributed by atoms with van der Waals surface area (Å²) >= 11 is 0. The van der Waals surface area contributed by atoms with Crippen LogP contribution < -0.4 is 4.57 Å². The number of aromatic nitrogens is 1. The first-order chi connectivity index (χ1) is 11.6. The van der Waals surface area contributed by atoms with Gasteiger partial charge in [-0.25, -0.2) is 4.57 Å². The Morgan fingerprint density at radius 1 is 1.04 bits per heavy atom. The third-order valence-corrected chi connectivity index (χ3v) is 4.54. The number of pyridine rings is 1. The van der Waals surface area contributed by atoms with Crippen LogP contribution in [0.1, 0.15) is 16.7 Å². The molecule has 0 unspecified atom stereocenters. The summed E-state index contributed by atoms with van der Waals surface area (Å²) in [7, 11) is 1.99. The van der Waals surface area contributed by atoms with Crippen LogP contribution in [0.15, 0.2) is 53.1 Å². The molecule has 0 bridgehead atoms. The molecule has 0 saturated carbocycles. The molecule has 0 aliphatic rings. The van der Waals surface area contributed by atoms with Crippen LogP contribution in [-0.4, -0.2) is 0 Å². The van der Waals surface area contributed by atoms with Crippen LogP contribution in [0, 0.1) is 25.2 Å². The Hall–Kier alpha value is -3.12. The van der Waals surface area contributed by atoms with Crippen LogP contribution in [0.3, 0.4) is 0 Å². The van der Waals surface area contributed by atoms with E-state index in [4.69, 9.17) is 4.42 Å². The fourth-order valence-electron chi connectivity index (χ4n) is 3.37. The van der Waals surface area contributed by atoms with E-state index in [0.29, 0.717) is 11.1 Å². The largest absolute Gasteiger partial charge is 0.455 e. The van der Waals surface area contributed by atoms with Gasteiger partial charge in [0, 0.05) is 22.9 Å². The number of rotatable bonds is 1. The molecule has 4 rings (SSSR count). The second kappa shape index (κ2) is 5.21. The molecule has 0 amide bonds. The smallest absolute Gasteiger partial charge is 0.214 e. The molecule has 0 N–H and O–H groups in total. The van der Waals surface area contributed by atoms with Crippen LogP contribution in [0.4, 0.5) is 0 Å². The highest BCUT2D eigenvalue weighted by Gasteiger charge is 2.22. The zero-order valence-corrected chi connectivity index (χ0v) is 13.9. The molecule has 0 fully saturated rings. The van der Waals surface area contributed by atoms with Crippen molar-refractivity contribution in [1.29, 1.82) is 5.26 Å². The van der Waals surface area contributed by atoms with Gasteiger partial charge in [0.05, 0.1) is 5.56 Å². The molecule has 0 radical (unpaired) electrons. The maximum absolute atomic E-state index is 9.85. The Morgan fingerprint density at radius 2 is 1.88 bits per heavy atom. The van der Waals surface area contributed by atoms with E-state index in [2.05, 4.69) is 31.2 Å². The SMILES string of the molecule is Cc1ccc2c(c1)oc1c(C#N)c(-c3cccc[n+]3C)c(C)cc12. The number of fused-ring (bicyclic) bond motifs is 3. The topological polar surface area (TPSA) is 40.8 Å². The van der Waals surface area contributed by atoms with Crippen LogP contribution in [-0.2, 0) is 7.05 Å². The Bertz CT molecular complexity index is 1150. The van der Waals surface area contributed by atoms with Crippen LogP contribution >= 0.6 is 0 Å². The fraction of sp³-hybridized carbons (Fsp3) is 0.143. The maximum Gasteiger partial charge on any atom is 0.214 e. The van der Waals surface area contributed by atoms with Gasteiger partial charge in [0.2, 0.25) is 5.69 Å². The highest BCUT2D eigenvalue weighted by atomic mass is 16.3. The molecule has 0 spiro atoms. The summed E-state index contributed by atoms with van der Waals surface area (Å²) in [6, 6.07) is 16.7. The van der Waals surface area contributed by atoms with Crippen molar-refractivity contribution in [2.75, 3.05) is 0 Å². The lowest BCUT2D eigenvalue weighted by Crippen LogP contribution is -2.30. The summed E-state index contributed by atoms with van der Waals surface area (Å²) in [4.78, 5) is 0. The van der Waals surface area contributed by atoms with Gasteiger partial charge in [-0.15, -0.1) is 0 Å². The van der Waals surface area contributed by atoms with Crippen molar-refractivity contribution in [3.63, 3.8) is 0 Å². The minimum Gasteiger partial charge on any atom is -0.455 e. The molecular formula is C21H17N2O+. The Labute approximate surface area is 140 Å². The van der Waals surface area contributed by atoms with E-state index in [-0.39, 0.29) is 0 Å². The zero-order valence-electron chi connectivity index (χ0n) is 13.9. The minimum absolute atomic E-state index is 0.598. The third kappa shape index (κ3) is 2.00. The van der Waals surface area contributed by atoms with Gasteiger partial charge in [-0.1, -0.05) is 12.1 Å². The summed E-state index contributed by atoms with van der Waals surface area (Å²) in [6.45, 7) is 4.09. The lowest BCUT2D eigenvalue weighted by molar-refractivity contribution is -0.660. The van der Waals surface area contributed by atoms with Crippen LogP contribution in [0.2, 0.25) is 0 Å². The molecular weight excluding hydrogens is 296 g/mol. The molecule has 0 atom stereocenters. The molecule has 116 valence electrons. The molecule has 3 nitrogen and oxygen atoms in total. The average molecular weight is 313 g/mol. The van der Waals surface area contributed by atoms with E-state index >= 15 is 0 Å².